The zero-order valence-corrected chi connectivity index (χ0v) is 29.1. The Morgan fingerprint density at radius 1 is 0.940 bits per heavy atom. The highest BCUT2D eigenvalue weighted by Crippen LogP contribution is 2.46. The van der Waals surface area contributed by atoms with Gasteiger partial charge in [-0.3, -0.25) is 14.5 Å². The molecule has 50 heavy (non-hydrogen) atoms. The van der Waals surface area contributed by atoms with Crippen LogP contribution in [0, 0.1) is 0 Å². The number of amides is 1. The number of benzene rings is 4. The molecule has 254 valence electrons. The number of hydrogen-bond acceptors (Lipinski definition) is 11. The number of Topliss-reactive ketones (excluding diaryl/α,β-unsaturated/α-hetero) is 1. The van der Waals surface area contributed by atoms with Crippen molar-refractivity contribution in [1.82, 2.24) is 10.2 Å². The van der Waals surface area contributed by atoms with E-state index >= 15 is 0 Å². The molecule has 1 fully saturated rings. The Morgan fingerprint density at radius 2 is 1.72 bits per heavy atom. The number of nitrogens with zero attached hydrogens (tertiary/aromatic N) is 3. The topological polar surface area (TPSA) is 120 Å². The Morgan fingerprint density at radius 3 is 2.52 bits per heavy atom. The summed E-state index contributed by atoms with van der Waals surface area (Å²) in [5.41, 5.74) is 2.57. The molecule has 4 aromatic carbocycles. The Balaban J connectivity index is 1.28. The maximum atomic E-state index is 13.9. The van der Waals surface area contributed by atoms with Crippen LogP contribution < -0.4 is 23.8 Å². The molecule has 1 atom stereocenters. The van der Waals surface area contributed by atoms with E-state index in [-0.39, 0.29) is 16.5 Å². The predicted octanol–water partition coefficient (Wildman–Crippen LogP) is 7.86. The van der Waals surface area contributed by atoms with Crippen molar-refractivity contribution in [3.63, 3.8) is 0 Å². The molecule has 1 amide bonds. The minimum absolute atomic E-state index is 0.118. The molecule has 7 rings (SSSR count). The van der Waals surface area contributed by atoms with E-state index in [1.165, 1.54) is 16.7 Å². The quantitative estimate of drug-likeness (QED) is 0.0473. The molecule has 13 heteroatoms. The molecule has 0 bridgehead atoms. The van der Waals surface area contributed by atoms with E-state index in [0.717, 1.165) is 22.5 Å². The molecule has 0 spiro atoms. The van der Waals surface area contributed by atoms with Gasteiger partial charge in [-0.2, -0.15) is 0 Å². The van der Waals surface area contributed by atoms with Crippen LogP contribution in [0.2, 0.25) is 5.02 Å². The summed E-state index contributed by atoms with van der Waals surface area (Å²) in [6.07, 6.45) is 0. The number of aliphatic hydroxyl groups excluding tert-OH is 1. The summed E-state index contributed by atoms with van der Waals surface area (Å²) < 4.78 is 24.1. The highest BCUT2D eigenvalue weighted by Gasteiger charge is 2.48. The van der Waals surface area contributed by atoms with E-state index in [9.17, 15) is 14.7 Å². The first kappa shape index (κ1) is 33.5. The van der Waals surface area contributed by atoms with Crippen LogP contribution in [0.4, 0.5) is 5.13 Å². The minimum atomic E-state index is -1.07. The van der Waals surface area contributed by atoms with Gasteiger partial charge in [-0.05, 0) is 60.0 Å². The first-order chi connectivity index (χ1) is 24.4. The molecule has 1 unspecified atom stereocenters. The molecule has 2 aliphatic rings. The molecule has 2 aliphatic heterocycles. The highest BCUT2D eigenvalue weighted by molar-refractivity contribution is 8.00. The third-order valence-corrected chi connectivity index (χ3v) is 10.5. The summed E-state index contributed by atoms with van der Waals surface area (Å²) in [5.74, 6) is 0.287. The van der Waals surface area contributed by atoms with Gasteiger partial charge >= 0.3 is 5.91 Å². The van der Waals surface area contributed by atoms with Crippen molar-refractivity contribution in [2.45, 2.75) is 29.7 Å². The summed E-state index contributed by atoms with van der Waals surface area (Å²) in [5, 5.41) is 21.2. The Bertz CT molecular complexity index is 2090. The van der Waals surface area contributed by atoms with Crippen molar-refractivity contribution < 1.29 is 33.6 Å². The van der Waals surface area contributed by atoms with Gasteiger partial charge in [-0.15, -0.1) is 10.2 Å². The van der Waals surface area contributed by atoms with Gasteiger partial charge in [0, 0.05) is 16.3 Å². The molecule has 0 saturated carbocycles. The number of carbonyl (C=O) groups excluding carboxylic acids is 2. The van der Waals surface area contributed by atoms with E-state index in [1.807, 2.05) is 61.5 Å². The summed E-state index contributed by atoms with van der Waals surface area (Å²) in [6.45, 7) is 3.24. The molecule has 1 N–H and O–H groups in total. The largest absolute Gasteiger partial charge is 0.507 e. The number of anilines is 1. The number of aromatic nitrogens is 2. The van der Waals surface area contributed by atoms with E-state index in [2.05, 4.69) is 10.2 Å². The normalized spacial score (nSPS) is 16.4. The Labute approximate surface area is 301 Å². The Hall–Kier alpha value is -5.04. The number of ether oxygens (including phenoxy) is 4. The lowest BCUT2D eigenvalue weighted by molar-refractivity contribution is -0.132. The van der Waals surface area contributed by atoms with Crippen molar-refractivity contribution in [3.8, 4) is 23.0 Å². The fourth-order valence-corrected chi connectivity index (χ4v) is 7.78. The van der Waals surface area contributed by atoms with Crippen molar-refractivity contribution in [2.24, 2.45) is 0 Å². The van der Waals surface area contributed by atoms with E-state index in [0.29, 0.717) is 75.7 Å². The lowest BCUT2D eigenvalue weighted by atomic mass is 9.95. The maximum Gasteiger partial charge on any atom is 0.301 e. The number of carbonyl (C=O) groups is 2. The van der Waals surface area contributed by atoms with Crippen molar-refractivity contribution >= 4 is 57.3 Å². The van der Waals surface area contributed by atoms with Crippen LogP contribution in [-0.2, 0) is 21.9 Å². The van der Waals surface area contributed by atoms with Gasteiger partial charge in [0.2, 0.25) is 5.13 Å². The second kappa shape index (κ2) is 14.8. The van der Waals surface area contributed by atoms with Gasteiger partial charge in [-0.1, -0.05) is 89.3 Å². The van der Waals surface area contributed by atoms with Crippen molar-refractivity contribution in [3.05, 3.63) is 124 Å². The fourth-order valence-electron chi connectivity index (χ4n) is 5.62. The van der Waals surface area contributed by atoms with Crippen LogP contribution in [0.1, 0.15) is 35.2 Å². The van der Waals surface area contributed by atoms with Crippen LogP contribution in [0.25, 0.3) is 5.76 Å². The van der Waals surface area contributed by atoms with Gasteiger partial charge in [0.1, 0.15) is 25.6 Å². The molecule has 1 saturated heterocycles. The van der Waals surface area contributed by atoms with Crippen LogP contribution in [0.15, 0.2) is 101 Å². The van der Waals surface area contributed by atoms with Gasteiger partial charge in [0.05, 0.1) is 18.2 Å². The monoisotopic (exact) mass is 727 g/mol. The standard InChI is InChI=1S/C37H30ClN3O7S2/c1-2-45-29-18-23(12-14-28(29)48-20-22-8-4-3-5-9-22)32-31(33(42)24-13-15-27-30(19-24)47-17-16-46-27)34(43)35(44)41(32)36-39-40-37(50-36)49-21-25-10-6-7-11-26(25)38/h3-15,18-19,32,42H,2,16-17,20-21H2,1H3. The van der Waals surface area contributed by atoms with Gasteiger partial charge < -0.3 is 24.1 Å². The lowest BCUT2D eigenvalue weighted by Crippen LogP contribution is -2.29. The molecule has 5 aromatic rings. The zero-order chi connectivity index (χ0) is 34.6. The first-order valence-corrected chi connectivity index (χ1v) is 17.9. The second-order valence-electron chi connectivity index (χ2n) is 11.2. The highest BCUT2D eigenvalue weighted by atomic mass is 35.5. The smallest absolute Gasteiger partial charge is 0.301 e. The lowest BCUT2D eigenvalue weighted by Gasteiger charge is -2.24. The first-order valence-electron chi connectivity index (χ1n) is 15.8. The molecule has 3 heterocycles. The van der Waals surface area contributed by atoms with E-state index in [1.54, 1.807) is 36.4 Å². The molecular weight excluding hydrogens is 698 g/mol. The van der Waals surface area contributed by atoms with Crippen molar-refractivity contribution in [1.29, 1.82) is 0 Å². The predicted molar refractivity (Wildman–Crippen MR) is 192 cm³/mol. The number of hydrogen-bond donors (Lipinski definition) is 1. The Kier molecular flexibility index (Phi) is 9.92. The molecule has 1 aromatic heterocycles. The van der Waals surface area contributed by atoms with Crippen LogP contribution in [0.5, 0.6) is 23.0 Å². The average molecular weight is 728 g/mol. The number of fused-ring (bicyclic) bond motifs is 1. The van der Waals surface area contributed by atoms with Crippen LogP contribution in [-0.4, -0.2) is 46.8 Å². The summed E-state index contributed by atoms with van der Waals surface area (Å²) in [7, 11) is 0. The molecule has 0 aliphatic carbocycles. The molecule has 0 radical (unpaired) electrons. The summed E-state index contributed by atoms with van der Waals surface area (Å²) in [6, 6.07) is 26.2. The SMILES string of the molecule is CCOc1cc(C2C(=C(O)c3ccc4c(c3)OCCO4)C(=O)C(=O)N2c2nnc(SCc3ccccc3Cl)s2)ccc1OCc1ccccc1. The van der Waals surface area contributed by atoms with Crippen molar-refractivity contribution in [2.75, 3.05) is 24.7 Å². The number of rotatable bonds is 11. The fraction of sp³-hybridized carbons (Fsp3) is 0.189. The molecule has 10 nitrogen and oxygen atoms in total. The number of ketones is 1. The van der Waals surface area contributed by atoms with E-state index in [4.69, 9.17) is 30.5 Å². The number of halogens is 1. The maximum absolute atomic E-state index is 13.9. The van der Waals surface area contributed by atoms with Gasteiger partial charge in [0.15, 0.2) is 27.3 Å². The zero-order valence-electron chi connectivity index (χ0n) is 26.7. The van der Waals surface area contributed by atoms with Gasteiger partial charge in [0.25, 0.3) is 5.78 Å². The molecular formula is C37H30ClN3O7S2. The average Bonchev–Trinajstić information content (AvgIpc) is 3.72. The van der Waals surface area contributed by atoms with Crippen LogP contribution >= 0.6 is 34.7 Å². The summed E-state index contributed by atoms with van der Waals surface area (Å²) >= 11 is 8.93. The third-order valence-electron chi connectivity index (χ3n) is 7.99. The second-order valence-corrected chi connectivity index (χ2v) is 13.8. The van der Waals surface area contributed by atoms with E-state index < -0.39 is 17.7 Å². The number of thioether (sulfide) groups is 1. The van der Waals surface area contributed by atoms with Gasteiger partial charge in [-0.25, -0.2) is 0 Å². The van der Waals surface area contributed by atoms with Crippen LogP contribution in [0.3, 0.4) is 0 Å². The third kappa shape index (κ3) is 6.87. The number of aliphatic hydroxyl groups is 1. The summed E-state index contributed by atoms with van der Waals surface area (Å²) in [4.78, 5) is 29.0. The minimum Gasteiger partial charge on any atom is -0.507 e.